The lowest BCUT2D eigenvalue weighted by atomic mass is 9.87. The van der Waals surface area contributed by atoms with E-state index in [-0.39, 0.29) is 5.92 Å². The first-order chi connectivity index (χ1) is 7.58. The minimum atomic E-state index is -0.612. The Morgan fingerprint density at radius 1 is 1.12 bits per heavy atom. The monoisotopic (exact) mass is 225 g/mol. The highest BCUT2D eigenvalue weighted by Gasteiger charge is 2.38. The molecule has 1 aliphatic heterocycles. The number of carboxylic acids is 1. The number of carbonyl (C=O) groups is 1. The predicted molar refractivity (Wildman–Crippen MR) is 63.3 cm³/mol. The highest BCUT2D eigenvalue weighted by molar-refractivity contribution is 5.71. The van der Waals surface area contributed by atoms with E-state index in [1.54, 1.807) is 0 Å². The minimum Gasteiger partial charge on any atom is -0.481 e. The molecule has 1 saturated heterocycles. The molecule has 1 saturated carbocycles. The van der Waals surface area contributed by atoms with Crippen LogP contribution in [0.5, 0.6) is 0 Å². The van der Waals surface area contributed by atoms with Gasteiger partial charge in [-0.1, -0.05) is 13.8 Å². The molecule has 3 heteroatoms. The number of nitrogens with zero attached hydrogens (tertiary/aromatic N) is 1. The molecule has 2 unspecified atom stereocenters. The molecule has 2 rings (SSSR count). The second-order valence-corrected chi connectivity index (χ2v) is 5.79. The molecule has 16 heavy (non-hydrogen) atoms. The average molecular weight is 225 g/mol. The van der Waals surface area contributed by atoms with Crippen molar-refractivity contribution in [3.8, 4) is 0 Å². The van der Waals surface area contributed by atoms with E-state index < -0.39 is 5.97 Å². The predicted octanol–water partition coefficient (Wildman–Crippen LogP) is 2.22. The van der Waals surface area contributed by atoms with Crippen LogP contribution < -0.4 is 0 Å². The van der Waals surface area contributed by atoms with Crippen LogP contribution in [0.4, 0.5) is 0 Å². The van der Waals surface area contributed by atoms with Crippen LogP contribution in [-0.4, -0.2) is 35.1 Å². The quantitative estimate of drug-likeness (QED) is 0.783. The van der Waals surface area contributed by atoms with Gasteiger partial charge in [-0.2, -0.15) is 0 Å². The maximum atomic E-state index is 11.1. The third-order valence-electron chi connectivity index (χ3n) is 4.46. The Morgan fingerprint density at radius 3 is 2.25 bits per heavy atom. The van der Waals surface area contributed by atoms with Crippen LogP contribution in [0.25, 0.3) is 0 Å². The van der Waals surface area contributed by atoms with Gasteiger partial charge in [-0.25, -0.2) is 0 Å². The largest absolute Gasteiger partial charge is 0.481 e. The second kappa shape index (κ2) is 4.74. The third-order valence-corrected chi connectivity index (χ3v) is 4.46. The van der Waals surface area contributed by atoms with Gasteiger partial charge in [0.05, 0.1) is 5.92 Å². The summed E-state index contributed by atoms with van der Waals surface area (Å²) in [6, 6.07) is 0.656. The van der Waals surface area contributed by atoms with Crippen molar-refractivity contribution in [3.63, 3.8) is 0 Å². The SMILES string of the molecule is CC1CCC(N2CC(C)C(C(=O)O)C2)CC1. The van der Waals surface area contributed by atoms with Crippen molar-refractivity contribution in [3.05, 3.63) is 0 Å². The smallest absolute Gasteiger partial charge is 0.308 e. The molecule has 92 valence electrons. The van der Waals surface area contributed by atoms with Crippen LogP contribution in [0.3, 0.4) is 0 Å². The van der Waals surface area contributed by atoms with Crippen molar-refractivity contribution in [1.82, 2.24) is 4.90 Å². The molecule has 1 N–H and O–H groups in total. The Morgan fingerprint density at radius 2 is 1.75 bits per heavy atom. The average Bonchev–Trinajstić information content (AvgIpc) is 2.61. The fourth-order valence-corrected chi connectivity index (χ4v) is 3.23. The van der Waals surface area contributed by atoms with E-state index in [1.165, 1.54) is 25.7 Å². The lowest BCUT2D eigenvalue weighted by molar-refractivity contribution is -0.142. The first-order valence-corrected chi connectivity index (χ1v) is 6.54. The summed E-state index contributed by atoms with van der Waals surface area (Å²) in [6.45, 7) is 6.15. The number of carboxylic acid groups (broad SMARTS) is 1. The van der Waals surface area contributed by atoms with Crippen LogP contribution in [-0.2, 0) is 4.79 Å². The number of likely N-dealkylation sites (tertiary alicyclic amines) is 1. The van der Waals surface area contributed by atoms with Crippen molar-refractivity contribution >= 4 is 5.97 Å². The zero-order chi connectivity index (χ0) is 11.7. The van der Waals surface area contributed by atoms with E-state index in [2.05, 4.69) is 18.7 Å². The van der Waals surface area contributed by atoms with Crippen molar-refractivity contribution in [2.24, 2.45) is 17.8 Å². The highest BCUT2D eigenvalue weighted by atomic mass is 16.4. The highest BCUT2D eigenvalue weighted by Crippen LogP contribution is 2.32. The van der Waals surface area contributed by atoms with Crippen molar-refractivity contribution < 1.29 is 9.90 Å². The summed E-state index contributed by atoms with van der Waals surface area (Å²) in [5, 5.41) is 9.12. The fourth-order valence-electron chi connectivity index (χ4n) is 3.23. The Bertz CT molecular complexity index is 259. The van der Waals surface area contributed by atoms with Gasteiger partial charge in [-0.15, -0.1) is 0 Å². The lowest BCUT2D eigenvalue weighted by Gasteiger charge is -2.33. The molecule has 2 atom stereocenters. The van der Waals surface area contributed by atoms with E-state index >= 15 is 0 Å². The van der Waals surface area contributed by atoms with Gasteiger partial charge < -0.3 is 5.11 Å². The second-order valence-electron chi connectivity index (χ2n) is 5.79. The number of hydrogen-bond acceptors (Lipinski definition) is 2. The molecule has 2 aliphatic rings. The Kier molecular flexibility index (Phi) is 3.53. The standard InChI is InChI=1S/C13H23NO2/c1-9-3-5-11(6-4-9)14-7-10(2)12(8-14)13(15)16/h9-12H,3-8H2,1-2H3,(H,15,16). The van der Waals surface area contributed by atoms with E-state index in [1.807, 2.05) is 0 Å². The van der Waals surface area contributed by atoms with Crippen LogP contribution >= 0.6 is 0 Å². The van der Waals surface area contributed by atoms with E-state index in [0.717, 1.165) is 19.0 Å². The molecule has 0 radical (unpaired) electrons. The molecule has 2 fully saturated rings. The maximum Gasteiger partial charge on any atom is 0.308 e. The molecular weight excluding hydrogens is 202 g/mol. The Balaban J connectivity index is 1.90. The van der Waals surface area contributed by atoms with Gasteiger partial charge >= 0.3 is 5.97 Å². The number of rotatable bonds is 2. The fraction of sp³-hybridized carbons (Fsp3) is 0.923. The molecule has 0 aromatic heterocycles. The van der Waals surface area contributed by atoms with Gasteiger partial charge in [0.15, 0.2) is 0 Å². The summed E-state index contributed by atoms with van der Waals surface area (Å²) in [6.07, 6.45) is 5.15. The van der Waals surface area contributed by atoms with Gasteiger partial charge in [0.25, 0.3) is 0 Å². The molecule has 0 aromatic rings. The van der Waals surface area contributed by atoms with Gasteiger partial charge in [-0.3, -0.25) is 9.69 Å². The maximum absolute atomic E-state index is 11.1. The molecule has 1 aliphatic carbocycles. The van der Waals surface area contributed by atoms with Crippen molar-refractivity contribution in [1.29, 1.82) is 0 Å². The normalized spacial score (nSPS) is 41.1. The van der Waals surface area contributed by atoms with E-state index in [4.69, 9.17) is 5.11 Å². The lowest BCUT2D eigenvalue weighted by Crippen LogP contribution is -2.36. The van der Waals surface area contributed by atoms with Gasteiger partial charge in [0.2, 0.25) is 0 Å². The van der Waals surface area contributed by atoms with Gasteiger partial charge in [0.1, 0.15) is 0 Å². The summed E-state index contributed by atoms with van der Waals surface area (Å²) in [5.41, 5.74) is 0. The van der Waals surface area contributed by atoms with Crippen molar-refractivity contribution in [2.75, 3.05) is 13.1 Å². The topological polar surface area (TPSA) is 40.5 Å². The molecule has 3 nitrogen and oxygen atoms in total. The zero-order valence-electron chi connectivity index (χ0n) is 10.4. The third kappa shape index (κ3) is 2.40. The molecule has 0 spiro atoms. The molecule has 0 bridgehead atoms. The number of aliphatic carboxylic acids is 1. The summed E-state index contributed by atoms with van der Waals surface area (Å²) >= 11 is 0. The van der Waals surface area contributed by atoms with E-state index in [0.29, 0.717) is 12.0 Å². The van der Waals surface area contributed by atoms with E-state index in [9.17, 15) is 4.79 Å². The number of hydrogen-bond donors (Lipinski definition) is 1. The van der Waals surface area contributed by atoms with Gasteiger partial charge in [0, 0.05) is 19.1 Å². The summed E-state index contributed by atoms with van der Waals surface area (Å²) < 4.78 is 0. The zero-order valence-corrected chi connectivity index (χ0v) is 10.4. The molecule has 0 amide bonds. The first kappa shape index (κ1) is 11.9. The van der Waals surface area contributed by atoms with Crippen LogP contribution in [0.1, 0.15) is 39.5 Å². The van der Waals surface area contributed by atoms with Crippen molar-refractivity contribution in [2.45, 2.75) is 45.6 Å². The first-order valence-electron chi connectivity index (χ1n) is 6.54. The van der Waals surface area contributed by atoms with Gasteiger partial charge in [-0.05, 0) is 37.5 Å². The molecule has 0 aromatic carbocycles. The minimum absolute atomic E-state index is 0.139. The van der Waals surface area contributed by atoms with Crippen LogP contribution in [0.2, 0.25) is 0 Å². The van der Waals surface area contributed by atoms with Crippen LogP contribution in [0.15, 0.2) is 0 Å². The molecule has 1 heterocycles. The summed E-state index contributed by atoms with van der Waals surface area (Å²) in [4.78, 5) is 13.5. The summed E-state index contributed by atoms with van der Waals surface area (Å²) in [7, 11) is 0. The molecular formula is C13H23NO2. The Labute approximate surface area is 97.8 Å². The van der Waals surface area contributed by atoms with Crippen LogP contribution in [0, 0.1) is 17.8 Å². The summed E-state index contributed by atoms with van der Waals surface area (Å²) in [5.74, 6) is 0.432. The Hall–Kier alpha value is -0.570.